The van der Waals surface area contributed by atoms with Crippen LogP contribution in [0.1, 0.15) is 22.9 Å². The highest BCUT2D eigenvalue weighted by Gasteiger charge is 2.16. The van der Waals surface area contributed by atoms with Crippen molar-refractivity contribution < 1.29 is 0 Å². The Morgan fingerprint density at radius 1 is 1.25 bits per heavy atom. The van der Waals surface area contributed by atoms with Crippen molar-refractivity contribution in [2.45, 2.75) is 26.8 Å². The molecule has 1 aliphatic rings. The first-order chi connectivity index (χ1) is 7.70. The van der Waals surface area contributed by atoms with Crippen LogP contribution in [0, 0.1) is 6.92 Å². The summed E-state index contributed by atoms with van der Waals surface area (Å²) in [6, 6.07) is 0. The normalized spacial score (nSPS) is 19.2. The van der Waals surface area contributed by atoms with Gasteiger partial charge in [0.15, 0.2) is 0 Å². The highest BCUT2D eigenvalue weighted by atomic mass is 32.1. The van der Waals surface area contributed by atoms with Gasteiger partial charge in [0.2, 0.25) is 0 Å². The zero-order chi connectivity index (χ0) is 11.5. The first-order valence-electron chi connectivity index (χ1n) is 6.17. The maximum atomic E-state index is 2.58. The molecule has 1 aromatic rings. The van der Waals surface area contributed by atoms with E-state index in [4.69, 9.17) is 0 Å². The summed E-state index contributed by atoms with van der Waals surface area (Å²) in [7, 11) is 2.21. The van der Waals surface area contributed by atoms with Crippen molar-refractivity contribution in [2.75, 3.05) is 33.2 Å². The van der Waals surface area contributed by atoms with Gasteiger partial charge < -0.3 is 4.90 Å². The SMILES string of the molecule is CCc1c(CN2CCN(C)CC2)csc1C. The minimum absolute atomic E-state index is 1.15. The summed E-state index contributed by atoms with van der Waals surface area (Å²) in [4.78, 5) is 6.50. The van der Waals surface area contributed by atoms with E-state index < -0.39 is 0 Å². The van der Waals surface area contributed by atoms with E-state index in [1.165, 1.54) is 37.5 Å². The second-order valence-corrected chi connectivity index (χ2v) is 5.81. The number of hydrogen-bond acceptors (Lipinski definition) is 3. The molecule has 0 bridgehead atoms. The van der Waals surface area contributed by atoms with Gasteiger partial charge in [-0.25, -0.2) is 0 Å². The molecule has 0 atom stereocenters. The van der Waals surface area contributed by atoms with Crippen molar-refractivity contribution in [3.63, 3.8) is 0 Å². The standard InChI is InChI=1S/C13H22N2S/c1-4-13-11(2)16-10-12(13)9-15-7-5-14(3)6-8-15/h10H,4-9H2,1-3H3. The molecule has 1 aromatic heterocycles. The maximum Gasteiger partial charge on any atom is 0.0245 e. The lowest BCUT2D eigenvalue weighted by molar-refractivity contribution is 0.148. The quantitative estimate of drug-likeness (QED) is 0.797. The van der Waals surface area contributed by atoms with Crippen molar-refractivity contribution in [3.8, 4) is 0 Å². The summed E-state index contributed by atoms with van der Waals surface area (Å²) in [5, 5.41) is 2.35. The van der Waals surface area contributed by atoms with E-state index in [-0.39, 0.29) is 0 Å². The molecule has 0 saturated carbocycles. The molecule has 1 saturated heterocycles. The van der Waals surface area contributed by atoms with Crippen molar-refractivity contribution in [2.24, 2.45) is 0 Å². The van der Waals surface area contributed by atoms with Gasteiger partial charge in [0.25, 0.3) is 0 Å². The number of piperazine rings is 1. The predicted octanol–water partition coefficient (Wildman–Crippen LogP) is 2.37. The van der Waals surface area contributed by atoms with E-state index in [1.807, 2.05) is 11.3 Å². The van der Waals surface area contributed by atoms with Gasteiger partial charge in [-0.15, -0.1) is 11.3 Å². The van der Waals surface area contributed by atoms with Gasteiger partial charge in [-0.2, -0.15) is 0 Å². The Morgan fingerprint density at radius 2 is 1.94 bits per heavy atom. The lowest BCUT2D eigenvalue weighted by atomic mass is 10.1. The number of nitrogens with zero attached hydrogens (tertiary/aromatic N) is 2. The molecule has 0 radical (unpaired) electrons. The average molecular weight is 238 g/mol. The van der Waals surface area contributed by atoms with Gasteiger partial charge >= 0.3 is 0 Å². The van der Waals surface area contributed by atoms with E-state index >= 15 is 0 Å². The summed E-state index contributed by atoms with van der Waals surface area (Å²) >= 11 is 1.91. The van der Waals surface area contributed by atoms with Gasteiger partial charge in [0.1, 0.15) is 0 Å². The fourth-order valence-corrected chi connectivity index (χ4v) is 3.34. The van der Waals surface area contributed by atoms with Gasteiger partial charge in [-0.1, -0.05) is 6.92 Å². The van der Waals surface area contributed by atoms with Crippen molar-refractivity contribution >= 4 is 11.3 Å². The van der Waals surface area contributed by atoms with Crippen molar-refractivity contribution in [1.82, 2.24) is 9.80 Å². The molecule has 1 aliphatic heterocycles. The summed E-state index contributed by atoms with van der Waals surface area (Å²) in [6.07, 6.45) is 1.18. The number of likely N-dealkylation sites (N-methyl/N-ethyl adjacent to an activating group) is 1. The van der Waals surface area contributed by atoms with Crippen LogP contribution in [0.5, 0.6) is 0 Å². The van der Waals surface area contributed by atoms with Crippen LogP contribution in [0.15, 0.2) is 5.38 Å². The predicted molar refractivity (Wildman–Crippen MR) is 71.2 cm³/mol. The Morgan fingerprint density at radius 3 is 2.56 bits per heavy atom. The Hall–Kier alpha value is -0.380. The highest BCUT2D eigenvalue weighted by Crippen LogP contribution is 2.23. The molecule has 90 valence electrons. The fraction of sp³-hybridized carbons (Fsp3) is 0.692. The van der Waals surface area contributed by atoms with Gasteiger partial charge in [-0.05, 0) is 36.9 Å². The summed E-state index contributed by atoms with van der Waals surface area (Å²) < 4.78 is 0. The Labute approximate surface area is 103 Å². The first kappa shape index (κ1) is 12.1. The number of rotatable bonds is 3. The monoisotopic (exact) mass is 238 g/mol. The smallest absolute Gasteiger partial charge is 0.0245 e. The summed E-state index contributed by atoms with van der Waals surface area (Å²) in [5.41, 5.74) is 3.15. The van der Waals surface area contributed by atoms with Crippen LogP contribution in [-0.4, -0.2) is 43.0 Å². The highest BCUT2D eigenvalue weighted by molar-refractivity contribution is 7.10. The van der Waals surface area contributed by atoms with Crippen molar-refractivity contribution in [1.29, 1.82) is 0 Å². The molecule has 0 spiro atoms. The molecule has 16 heavy (non-hydrogen) atoms. The number of aryl methyl sites for hydroxylation is 1. The van der Waals surface area contributed by atoms with Crippen LogP contribution in [0.3, 0.4) is 0 Å². The fourth-order valence-electron chi connectivity index (χ4n) is 2.38. The molecule has 1 fully saturated rings. The maximum absolute atomic E-state index is 2.58. The molecule has 0 N–H and O–H groups in total. The van der Waals surface area contributed by atoms with Crippen LogP contribution >= 0.6 is 11.3 Å². The molecular formula is C13H22N2S. The second kappa shape index (κ2) is 5.30. The first-order valence-corrected chi connectivity index (χ1v) is 7.05. The van der Waals surface area contributed by atoms with E-state index in [2.05, 4.69) is 36.1 Å². The Bertz CT molecular complexity index is 338. The molecular weight excluding hydrogens is 216 g/mol. The third kappa shape index (κ3) is 2.65. The molecule has 2 rings (SSSR count). The third-order valence-electron chi connectivity index (χ3n) is 3.53. The van der Waals surface area contributed by atoms with E-state index in [0.717, 1.165) is 6.54 Å². The zero-order valence-electron chi connectivity index (χ0n) is 10.6. The molecule has 0 amide bonds. The summed E-state index contributed by atoms with van der Waals surface area (Å²) in [6.45, 7) is 10.5. The van der Waals surface area contributed by atoms with Crippen molar-refractivity contribution in [3.05, 3.63) is 21.4 Å². The van der Waals surface area contributed by atoms with E-state index in [9.17, 15) is 0 Å². The molecule has 3 heteroatoms. The average Bonchev–Trinajstić information content (AvgIpc) is 2.63. The second-order valence-electron chi connectivity index (χ2n) is 4.73. The number of hydrogen-bond donors (Lipinski definition) is 0. The van der Waals surface area contributed by atoms with Gasteiger partial charge in [0, 0.05) is 37.6 Å². The lowest BCUT2D eigenvalue weighted by Crippen LogP contribution is -2.43. The van der Waals surface area contributed by atoms with Crippen LogP contribution < -0.4 is 0 Å². The zero-order valence-corrected chi connectivity index (χ0v) is 11.4. The lowest BCUT2D eigenvalue weighted by Gasteiger charge is -2.32. The third-order valence-corrected chi connectivity index (χ3v) is 4.54. The molecule has 0 aromatic carbocycles. The molecule has 2 heterocycles. The van der Waals surface area contributed by atoms with Crippen LogP contribution in [0.4, 0.5) is 0 Å². The molecule has 0 aliphatic carbocycles. The Balaban J connectivity index is 1.98. The van der Waals surface area contributed by atoms with E-state index in [0.29, 0.717) is 0 Å². The minimum Gasteiger partial charge on any atom is -0.304 e. The summed E-state index contributed by atoms with van der Waals surface area (Å²) in [5.74, 6) is 0. The topological polar surface area (TPSA) is 6.48 Å². The van der Waals surface area contributed by atoms with Gasteiger partial charge in [-0.3, -0.25) is 4.90 Å². The van der Waals surface area contributed by atoms with E-state index in [1.54, 1.807) is 11.1 Å². The minimum atomic E-state index is 1.15. The number of thiophene rings is 1. The van der Waals surface area contributed by atoms with Crippen LogP contribution in [-0.2, 0) is 13.0 Å². The van der Waals surface area contributed by atoms with Crippen LogP contribution in [0.2, 0.25) is 0 Å². The largest absolute Gasteiger partial charge is 0.304 e. The van der Waals surface area contributed by atoms with Gasteiger partial charge in [0.05, 0.1) is 0 Å². The molecule has 0 unspecified atom stereocenters. The molecule has 2 nitrogen and oxygen atoms in total. The Kier molecular flexibility index (Phi) is 4.00. The van der Waals surface area contributed by atoms with Crippen LogP contribution in [0.25, 0.3) is 0 Å².